The second-order valence-electron chi connectivity index (χ2n) is 12.1. The Kier molecular flexibility index (Phi) is 10.1. The van der Waals surface area contributed by atoms with Gasteiger partial charge in [-0.2, -0.15) is 0 Å². The van der Waals surface area contributed by atoms with Crippen molar-refractivity contribution in [3.05, 3.63) is 82.5 Å². The van der Waals surface area contributed by atoms with Crippen LogP contribution < -0.4 is 15.0 Å². The Labute approximate surface area is 262 Å². The molecule has 0 spiro atoms. The minimum Gasteiger partial charge on any atom is -0.465 e. The number of benzene rings is 2. The first-order valence-electron chi connectivity index (χ1n) is 14.9. The highest BCUT2D eigenvalue weighted by molar-refractivity contribution is 6.30. The first-order valence-corrected chi connectivity index (χ1v) is 15.3. The van der Waals surface area contributed by atoms with E-state index >= 15 is 0 Å². The van der Waals surface area contributed by atoms with Crippen molar-refractivity contribution >= 4 is 34.6 Å². The quantitative estimate of drug-likeness (QED) is 0.231. The average molecular weight is 625 g/mol. The number of methoxy groups -OCH3 is 1. The summed E-state index contributed by atoms with van der Waals surface area (Å²) < 4.78 is 36.0. The van der Waals surface area contributed by atoms with Crippen molar-refractivity contribution in [2.75, 3.05) is 56.6 Å². The first kappa shape index (κ1) is 31.7. The molecule has 0 unspecified atom stereocenters. The van der Waals surface area contributed by atoms with Crippen LogP contribution in [0.4, 0.5) is 20.3 Å². The van der Waals surface area contributed by atoms with Crippen molar-refractivity contribution < 1.29 is 23.0 Å². The van der Waals surface area contributed by atoms with Crippen LogP contribution in [0.25, 0.3) is 5.57 Å². The third-order valence-corrected chi connectivity index (χ3v) is 8.55. The molecule has 0 amide bonds. The summed E-state index contributed by atoms with van der Waals surface area (Å²) in [6, 6.07) is 16.9. The molecule has 2 aromatic carbocycles. The molecular formula is C34H39ClF2N4O3. The summed E-state index contributed by atoms with van der Waals surface area (Å²) in [5.74, 6) is 0.514. The zero-order chi connectivity index (χ0) is 31.3. The van der Waals surface area contributed by atoms with E-state index in [9.17, 15) is 13.6 Å². The Hall–Kier alpha value is -3.69. The number of piperazine rings is 1. The number of halogens is 3. The molecule has 3 aromatic rings. The number of nitrogens with one attached hydrogen (secondary N) is 1. The van der Waals surface area contributed by atoms with Crippen molar-refractivity contribution in [2.24, 2.45) is 5.41 Å². The van der Waals surface area contributed by atoms with Gasteiger partial charge in [0.1, 0.15) is 22.9 Å². The number of anilines is 2. The summed E-state index contributed by atoms with van der Waals surface area (Å²) in [7, 11) is 1.32. The van der Waals surface area contributed by atoms with E-state index < -0.39 is 18.9 Å². The molecule has 1 N–H and O–H groups in total. The zero-order valence-corrected chi connectivity index (χ0v) is 26.2. The summed E-state index contributed by atoms with van der Waals surface area (Å²) in [6.07, 6.45) is 2.28. The number of nitrogens with zero attached hydrogens (tertiary/aromatic N) is 3. The highest BCUT2D eigenvalue weighted by Gasteiger charge is 2.29. The van der Waals surface area contributed by atoms with Crippen LogP contribution in [0, 0.1) is 5.41 Å². The van der Waals surface area contributed by atoms with Crippen molar-refractivity contribution in [1.29, 1.82) is 0 Å². The minimum absolute atomic E-state index is 0.274. The van der Waals surface area contributed by atoms with Crippen molar-refractivity contribution in [1.82, 2.24) is 9.88 Å². The van der Waals surface area contributed by atoms with Gasteiger partial charge >= 0.3 is 5.97 Å². The van der Waals surface area contributed by atoms with Gasteiger partial charge in [0.2, 0.25) is 0 Å². The zero-order valence-electron chi connectivity index (χ0n) is 25.4. The number of esters is 1. The normalized spacial score (nSPS) is 17.1. The number of hydrogen-bond donors (Lipinski definition) is 1. The van der Waals surface area contributed by atoms with Gasteiger partial charge in [-0.15, -0.1) is 0 Å². The molecule has 10 heteroatoms. The molecule has 44 heavy (non-hydrogen) atoms. The standard InChI is InChI=1S/C34H39ClF2N4O3/c1-34(2)13-12-24(29(19-34)23-4-6-25(35)7-5-23)22-40-14-16-41(17-15-40)26-8-10-28(33(42)43-3)30(18-26)44-27-9-11-32(38-20-27)39-21-31(36)37/h4-11,18,20,31H,12-17,19,21-22H2,1-3H3,(H,38,39). The van der Waals surface area contributed by atoms with Gasteiger partial charge in [-0.05, 0) is 72.2 Å². The lowest BCUT2D eigenvalue weighted by molar-refractivity contribution is 0.0598. The number of carbonyl (C=O) groups is 1. The molecule has 0 saturated carbocycles. The monoisotopic (exact) mass is 624 g/mol. The Morgan fingerprint density at radius 1 is 1.07 bits per heavy atom. The second-order valence-corrected chi connectivity index (χ2v) is 12.6. The predicted octanol–water partition coefficient (Wildman–Crippen LogP) is 7.78. The minimum atomic E-state index is -2.48. The molecule has 0 radical (unpaired) electrons. The van der Waals surface area contributed by atoms with Gasteiger partial charge < -0.3 is 19.7 Å². The van der Waals surface area contributed by atoms with E-state index in [1.807, 2.05) is 24.3 Å². The third kappa shape index (κ3) is 8.07. The SMILES string of the molecule is COC(=O)c1ccc(N2CCN(CC3=C(c4ccc(Cl)cc4)CC(C)(C)CC3)CC2)cc1Oc1ccc(NCC(F)F)nc1. The van der Waals surface area contributed by atoms with Gasteiger partial charge in [-0.3, -0.25) is 4.90 Å². The second kappa shape index (κ2) is 13.9. The maximum atomic E-state index is 12.5. The van der Waals surface area contributed by atoms with Gasteiger partial charge in [0.15, 0.2) is 0 Å². The van der Waals surface area contributed by atoms with Gasteiger partial charge in [0.05, 0.1) is 19.9 Å². The number of alkyl halides is 2. The van der Waals surface area contributed by atoms with Crippen molar-refractivity contribution in [3.8, 4) is 11.5 Å². The Bertz CT molecular complexity index is 1470. The number of ether oxygens (including phenoxy) is 2. The lowest BCUT2D eigenvalue weighted by Gasteiger charge is -2.39. The summed E-state index contributed by atoms with van der Waals surface area (Å²) in [5.41, 5.74) is 5.74. The lowest BCUT2D eigenvalue weighted by atomic mass is 9.72. The number of allylic oxidation sites excluding steroid dienone is 1. The number of hydrogen-bond acceptors (Lipinski definition) is 7. The van der Waals surface area contributed by atoms with E-state index in [4.69, 9.17) is 21.1 Å². The maximum absolute atomic E-state index is 12.5. The van der Waals surface area contributed by atoms with Crippen LogP contribution in [0.5, 0.6) is 11.5 Å². The molecule has 0 atom stereocenters. The number of carbonyl (C=O) groups excluding carboxylic acids is 1. The molecule has 1 aliphatic carbocycles. The van der Waals surface area contributed by atoms with Crippen LogP contribution >= 0.6 is 11.6 Å². The van der Waals surface area contributed by atoms with Crippen LogP contribution in [0.2, 0.25) is 5.02 Å². The van der Waals surface area contributed by atoms with Gasteiger partial charge in [-0.1, -0.05) is 43.2 Å². The van der Waals surface area contributed by atoms with E-state index in [1.54, 1.807) is 18.2 Å². The summed E-state index contributed by atoms with van der Waals surface area (Å²) in [6.45, 7) is 8.64. The summed E-state index contributed by atoms with van der Waals surface area (Å²) >= 11 is 6.18. The van der Waals surface area contributed by atoms with Crippen LogP contribution in [0.3, 0.4) is 0 Å². The summed E-state index contributed by atoms with van der Waals surface area (Å²) in [5, 5.41) is 3.32. The van der Waals surface area contributed by atoms with Crippen LogP contribution in [-0.4, -0.2) is 68.7 Å². The van der Waals surface area contributed by atoms with Crippen molar-refractivity contribution in [2.45, 2.75) is 39.5 Å². The molecule has 1 aromatic heterocycles. The Morgan fingerprint density at radius 3 is 2.48 bits per heavy atom. The van der Waals surface area contributed by atoms with E-state index in [1.165, 1.54) is 36.4 Å². The van der Waals surface area contributed by atoms with Gasteiger partial charge in [-0.25, -0.2) is 18.6 Å². The first-order chi connectivity index (χ1) is 21.1. The molecule has 1 fully saturated rings. The number of pyridine rings is 1. The molecule has 2 heterocycles. The largest absolute Gasteiger partial charge is 0.465 e. The van der Waals surface area contributed by atoms with Gasteiger partial charge in [0, 0.05) is 49.5 Å². The molecular weight excluding hydrogens is 586 g/mol. The van der Waals surface area contributed by atoms with E-state index in [-0.39, 0.29) is 11.0 Å². The molecule has 5 rings (SSSR count). The highest BCUT2D eigenvalue weighted by Crippen LogP contribution is 2.43. The van der Waals surface area contributed by atoms with Crippen LogP contribution in [0.1, 0.15) is 49.0 Å². The molecule has 7 nitrogen and oxygen atoms in total. The molecule has 1 saturated heterocycles. The summed E-state index contributed by atoms with van der Waals surface area (Å²) in [4.78, 5) is 21.5. The highest BCUT2D eigenvalue weighted by atomic mass is 35.5. The van der Waals surface area contributed by atoms with E-state index in [0.717, 1.165) is 56.3 Å². The average Bonchev–Trinajstić information content (AvgIpc) is 3.02. The van der Waals surface area contributed by atoms with Gasteiger partial charge in [0.25, 0.3) is 6.43 Å². The fourth-order valence-electron chi connectivity index (χ4n) is 5.82. The molecule has 2 aliphatic rings. The Balaban J connectivity index is 1.27. The number of rotatable bonds is 10. The topological polar surface area (TPSA) is 66.9 Å². The Morgan fingerprint density at radius 2 is 1.82 bits per heavy atom. The predicted molar refractivity (Wildman–Crippen MR) is 171 cm³/mol. The van der Waals surface area contributed by atoms with Crippen LogP contribution in [-0.2, 0) is 4.74 Å². The lowest BCUT2D eigenvalue weighted by Crippen LogP contribution is -2.47. The molecule has 234 valence electrons. The smallest absolute Gasteiger partial charge is 0.341 e. The fraction of sp³-hybridized carbons (Fsp3) is 0.412. The maximum Gasteiger partial charge on any atom is 0.341 e. The third-order valence-electron chi connectivity index (χ3n) is 8.30. The molecule has 0 bridgehead atoms. The number of aromatic nitrogens is 1. The van der Waals surface area contributed by atoms with E-state index in [0.29, 0.717) is 17.3 Å². The van der Waals surface area contributed by atoms with E-state index in [2.05, 4.69) is 46.1 Å². The van der Waals surface area contributed by atoms with Crippen molar-refractivity contribution in [3.63, 3.8) is 0 Å². The molecule has 1 aliphatic heterocycles. The van der Waals surface area contributed by atoms with Crippen LogP contribution in [0.15, 0.2) is 66.4 Å². The fourth-order valence-corrected chi connectivity index (χ4v) is 5.95.